The maximum atomic E-state index is 14.1. The molecule has 2 aromatic carbocycles. The van der Waals surface area contributed by atoms with E-state index in [1.807, 2.05) is 41.3 Å². The number of carbonyl (C=O) groups is 1. The van der Waals surface area contributed by atoms with Gasteiger partial charge in [-0.05, 0) is 48.5 Å². The first-order valence-corrected chi connectivity index (χ1v) is 10.8. The third kappa shape index (κ3) is 4.09. The largest absolute Gasteiger partial charge is 0.495 e. The summed E-state index contributed by atoms with van der Waals surface area (Å²) < 4.78 is 19.6. The SMILES string of the molecule is COc1ccccc1N1CCN(C(=O)c2cc(-c3ccncc3)nc3ccc(F)cc23)CC1. The molecule has 1 aliphatic heterocycles. The molecule has 0 spiro atoms. The molecule has 0 N–H and O–H groups in total. The van der Waals surface area contributed by atoms with E-state index in [1.165, 1.54) is 12.1 Å². The van der Waals surface area contributed by atoms with Gasteiger partial charge in [0.15, 0.2) is 0 Å². The van der Waals surface area contributed by atoms with Gasteiger partial charge < -0.3 is 14.5 Å². The zero-order valence-electron chi connectivity index (χ0n) is 18.2. The topological polar surface area (TPSA) is 58.6 Å². The molecule has 5 rings (SSSR count). The first kappa shape index (κ1) is 20.9. The number of pyridine rings is 2. The minimum absolute atomic E-state index is 0.122. The molecule has 0 aliphatic carbocycles. The normalized spacial score (nSPS) is 13.9. The highest BCUT2D eigenvalue weighted by Gasteiger charge is 2.25. The number of rotatable bonds is 4. The van der Waals surface area contributed by atoms with Gasteiger partial charge >= 0.3 is 0 Å². The predicted octanol–water partition coefficient (Wildman–Crippen LogP) is 4.41. The summed E-state index contributed by atoms with van der Waals surface area (Å²) in [6, 6.07) is 17.7. The van der Waals surface area contributed by atoms with Crippen LogP contribution in [-0.4, -0.2) is 54.1 Å². The summed E-state index contributed by atoms with van der Waals surface area (Å²) in [7, 11) is 1.66. The van der Waals surface area contributed by atoms with Gasteiger partial charge in [-0.25, -0.2) is 9.37 Å². The first-order valence-electron chi connectivity index (χ1n) is 10.8. The summed E-state index contributed by atoms with van der Waals surface area (Å²) in [5, 5.41) is 0.518. The van der Waals surface area contributed by atoms with Crippen LogP contribution in [0.15, 0.2) is 73.1 Å². The lowest BCUT2D eigenvalue weighted by Crippen LogP contribution is -2.49. The minimum atomic E-state index is -0.393. The number of carbonyl (C=O) groups excluding carboxylic acids is 1. The van der Waals surface area contributed by atoms with Gasteiger partial charge in [0.2, 0.25) is 0 Å². The van der Waals surface area contributed by atoms with Gasteiger partial charge in [0.1, 0.15) is 11.6 Å². The molecule has 0 bridgehead atoms. The van der Waals surface area contributed by atoms with Crippen molar-refractivity contribution >= 4 is 22.5 Å². The van der Waals surface area contributed by atoms with Crippen LogP contribution < -0.4 is 9.64 Å². The van der Waals surface area contributed by atoms with Gasteiger partial charge in [0.05, 0.1) is 29.6 Å². The second-order valence-corrected chi connectivity index (χ2v) is 7.90. The van der Waals surface area contributed by atoms with Crippen LogP contribution in [0.3, 0.4) is 0 Å². The Morgan fingerprint density at radius 2 is 1.73 bits per heavy atom. The van der Waals surface area contributed by atoms with E-state index in [4.69, 9.17) is 4.74 Å². The molecule has 1 aliphatic rings. The maximum absolute atomic E-state index is 14.1. The molecule has 4 aromatic rings. The fourth-order valence-corrected chi connectivity index (χ4v) is 4.26. The number of piperazine rings is 1. The smallest absolute Gasteiger partial charge is 0.254 e. The van der Waals surface area contributed by atoms with E-state index in [0.717, 1.165) is 17.0 Å². The number of halogens is 1. The lowest BCUT2D eigenvalue weighted by Gasteiger charge is -2.36. The average molecular weight is 442 g/mol. The van der Waals surface area contributed by atoms with E-state index >= 15 is 0 Å². The van der Waals surface area contributed by atoms with Gasteiger partial charge in [0, 0.05) is 49.5 Å². The predicted molar refractivity (Wildman–Crippen MR) is 126 cm³/mol. The summed E-state index contributed by atoms with van der Waals surface area (Å²) in [5.41, 5.74) is 3.57. The Labute approximate surface area is 191 Å². The van der Waals surface area contributed by atoms with Crippen molar-refractivity contribution in [1.29, 1.82) is 0 Å². The molecule has 1 amide bonds. The van der Waals surface area contributed by atoms with E-state index in [1.54, 1.807) is 31.6 Å². The van der Waals surface area contributed by atoms with E-state index < -0.39 is 5.82 Å². The van der Waals surface area contributed by atoms with E-state index in [-0.39, 0.29) is 5.91 Å². The number of ether oxygens (including phenoxy) is 1. The molecule has 33 heavy (non-hydrogen) atoms. The van der Waals surface area contributed by atoms with Gasteiger partial charge in [-0.2, -0.15) is 0 Å². The van der Waals surface area contributed by atoms with E-state index in [0.29, 0.717) is 48.3 Å². The van der Waals surface area contributed by atoms with Crippen LogP contribution in [0.5, 0.6) is 5.75 Å². The number of anilines is 1. The number of para-hydroxylation sites is 2. The number of fused-ring (bicyclic) bond motifs is 1. The van der Waals surface area contributed by atoms with Crippen LogP contribution in [0.4, 0.5) is 10.1 Å². The van der Waals surface area contributed by atoms with Crippen molar-refractivity contribution in [3.05, 3.63) is 84.4 Å². The molecule has 0 unspecified atom stereocenters. The maximum Gasteiger partial charge on any atom is 0.254 e. The van der Waals surface area contributed by atoms with Crippen molar-refractivity contribution in [2.75, 3.05) is 38.2 Å². The third-order valence-electron chi connectivity index (χ3n) is 5.97. The summed E-state index contributed by atoms with van der Waals surface area (Å²) in [5.74, 6) is 0.300. The summed E-state index contributed by atoms with van der Waals surface area (Å²) >= 11 is 0. The molecule has 3 heterocycles. The molecule has 0 radical (unpaired) electrons. The van der Waals surface area contributed by atoms with Crippen LogP contribution in [0.1, 0.15) is 10.4 Å². The molecule has 1 fully saturated rings. The highest BCUT2D eigenvalue weighted by atomic mass is 19.1. The first-order chi connectivity index (χ1) is 16.1. The molecule has 0 atom stereocenters. The number of nitrogens with zero attached hydrogens (tertiary/aromatic N) is 4. The molecule has 166 valence electrons. The molecule has 7 heteroatoms. The number of amides is 1. The summed E-state index contributed by atoms with van der Waals surface area (Å²) in [6.07, 6.45) is 3.37. The quantitative estimate of drug-likeness (QED) is 0.469. The van der Waals surface area contributed by atoms with E-state index in [2.05, 4.69) is 14.9 Å². The van der Waals surface area contributed by atoms with Crippen LogP contribution in [0, 0.1) is 5.82 Å². The molecule has 6 nitrogen and oxygen atoms in total. The van der Waals surface area contributed by atoms with Crippen molar-refractivity contribution in [1.82, 2.24) is 14.9 Å². The van der Waals surface area contributed by atoms with Crippen molar-refractivity contribution < 1.29 is 13.9 Å². The Hall–Kier alpha value is -4.00. The Kier molecular flexibility index (Phi) is 5.60. The van der Waals surface area contributed by atoms with Gasteiger partial charge in [-0.3, -0.25) is 9.78 Å². The van der Waals surface area contributed by atoms with Crippen LogP contribution in [0.25, 0.3) is 22.2 Å². The average Bonchev–Trinajstić information content (AvgIpc) is 2.88. The Morgan fingerprint density at radius 3 is 2.48 bits per heavy atom. The molecule has 1 saturated heterocycles. The van der Waals surface area contributed by atoms with Gasteiger partial charge in [-0.1, -0.05) is 12.1 Å². The fraction of sp³-hybridized carbons (Fsp3) is 0.192. The van der Waals surface area contributed by atoms with Crippen LogP contribution >= 0.6 is 0 Å². The van der Waals surface area contributed by atoms with Crippen molar-refractivity contribution in [3.63, 3.8) is 0 Å². The highest BCUT2D eigenvalue weighted by Crippen LogP contribution is 2.30. The number of benzene rings is 2. The Morgan fingerprint density at radius 1 is 0.970 bits per heavy atom. The number of hydrogen-bond donors (Lipinski definition) is 0. The van der Waals surface area contributed by atoms with Crippen molar-refractivity contribution in [2.24, 2.45) is 0 Å². The zero-order valence-corrected chi connectivity index (χ0v) is 18.2. The molecular formula is C26H23FN4O2. The third-order valence-corrected chi connectivity index (χ3v) is 5.97. The lowest BCUT2D eigenvalue weighted by molar-refractivity contribution is 0.0748. The van der Waals surface area contributed by atoms with Gasteiger partial charge in [0.25, 0.3) is 5.91 Å². The van der Waals surface area contributed by atoms with Crippen molar-refractivity contribution in [3.8, 4) is 17.0 Å². The second-order valence-electron chi connectivity index (χ2n) is 7.90. The van der Waals surface area contributed by atoms with E-state index in [9.17, 15) is 9.18 Å². The molecular weight excluding hydrogens is 419 g/mol. The highest BCUT2D eigenvalue weighted by molar-refractivity contribution is 6.07. The molecule has 0 saturated carbocycles. The number of aromatic nitrogens is 2. The second kappa shape index (κ2) is 8.86. The van der Waals surface area contributed by atoms with Crippen LogP contribution in [0.2, 0.25) is 0 Å². The minimum Gasteiger partial charge on any atom is -0.495 e. The summed E-state index contributed by atoms with van der Waals surface area (Å²) in [4.78, 5) is 26.3. The fourth-order valence-electron chi connectivity index (χ4n) is 4.26. The number of methoxy groups -OCH3 is 1. The van der Waals surface area contributed by atoms with Crippen molar-refractivity contribution in [2.45, 2.75) is 0 Å². The summed E-state index contributed by atoms with van der Waals surface area (Å²) in [6.45, 7) is 2.47. The lowest BCUT2D eigenvalue weighted by atomic mass is 10.0. The van der Waals surface area contributed by atoms with Gasteiger partial charge in [-0.15, -0.1) is 0 Å². The molecule has 2 aromatic heterocycles. The van der Waals surface area contributed by atoms with Crippen LogP contribution in [-0.2, 0) is 0 Å². The Balaban J connectivity index is 1.45. The Bertz CT molecular complexity index is 1300. The standard InChI is InChI=1S/C26H23FN4O2/c1-33-25-5-3-2-4-24(25)30-12-14-31(15-13-30)26(32)21-17-23(18-8-10-28-11-9-18)29-22-7-6-19(27)16-20(21)22/h2-11,16-17H,12-15H2,1H3. The zero-order chi connectivity index (χ0) is 22.8. The monoisotopic (exact) mass is 442 g/mol. The number of hydrogen-bond acceptors (Lipinski definition) is 5.